The van der Waals surface area contributed by atoms with E-state index in [0.717, 1.165) is 11.1 Å². The molecular formula is C26H20FNO4. The highest BCUT2D eigenvalue weighted by molar-refractivity contribution is 5.99. The number of carbonyl (C=O) groups is 1. The van der Waals surface area contributed by atoms with Crippen LogP contribution < -0.4 is 5.43 Å². The fourth-order valence-corrected chi connectivity index (χ4v) is 4.50. The predicted octanol–water partition coefficient (Wildman–Crippen LogP) is 5.00. The van der Waals surface area contributed by atoms with Crippen LogP contribution >= 0.6 is 0 Å². The van der Waals surface area contributed by atoms with Crippen molar-refractivity contribution in [2.24, 2.45) is 0 Å². The van der Waals surface area contributed by atoms with Crippen LogP contribution in [-0.2, 0) is 6.54 Å². The molecule has 3 aromatic carbocycles. The molecule has 2 heterocycles. The molecule has 6 heteroatoms. The smallest absolute Gasteiger partial charge is 0.291 e. The zero-order chi connectivity index (χ0) is 22.6. The molecule has 1 aromatic heterocycles. The molecule has 1 aliphatic rings. The lowest BCUT2D eigenvalue weighted by molar-refractivity contribution is 0.0714. The Hall–Kier alpha value is -3.93. The first-order valence-electron chi connectivity index (χ1n) is 10.3. The number of benzene rings is 3. The molecule has 0 saturated carbocycles. The van der Waals surface area contributed by atoms with Crippen molar-refractivity contribution in [3.63, 3.8) is 0 Å². The molecular weight excluding hydrogens is 409 g/mol. The molecule has 160 valence electrons. The summed E-state index contributed by atoms with van der Waals surface area (Å²) in [6.07, 6.45) is 0. The van der Waals surface area contributed by atoms with Crippen LogP contribution in [0.25, 0.3) is 11.0 Å². The lowest BCUT2D eigenvalue weighted by Gasteiger charge is -2.25. The molecule has 1 N–H and O–H groups in total. The fourth-order valence-electron chi connectivity index (χ4n) is 4.50. The van der Waals surface area contributed by atoms with Crippen LogP contribution in [0.15, 0.2) is 69.9 Å². The highest BCUT2D eigenvalue weighted by Gasteiger charge is 2.43. The Kier molecular flexibility index (Phi) is 4.59. The number of phenols is 1. The van der Waals surface area contributed by atoms with Gasteiger partial charge in [0.05, 0.1) is 17.0 Å². The first kappa shape index (κ1) is 20.0. The highest BCUT2D eigenvalue weighted by atomic mass is 19.1. The Balaban J connectivity index is 1.75. The van der Waals surface area contributed by atoms with Gasteiger partial charge in [-0.05, 0) is 66.4 Å². The van der Waals surface area contributed by atoms with Crippen molar-refractivity contribution in [2.45, 2.75) is 26.4 Å². The van der Waals surface area contributed by atoms with Crippen LogP contribution in [0, 0.1) is 19.7 Å². The van der Waals surface area contributed by atoms with E-state index < -0.39 is 11.9 Å². The lowest BCUT2D eigenvalue weighted by Crippen LogP contribution is -2.29. The maximum absolute atomic E-state index is 13.7. The Bertz CT molecular complexity index is 1440. The van der Waals surface area contributed by atoms with E-state index in [-0.39, 0.29) is 34.9 Å². The van der Waals surface area contributed by atoms with Gasteiger partial charge in [-0.2, -0.15) is 0 Å². The number of halogens is 1. The zero-order valence-corrected chi connectivity index (χ0v) is 17.6. The molecule has 0 spiro atoms. The third kappa shape index (κ3) is 3.15. The normalized spacial score (nSPS) is 15.4. The number of amides is 1. The van der Waals surface area contributed by atoms with Crippen molar-refractivity contribution in [2.75, 3.05) is 0 Å². The maximum Gasteiger partial charge on any atom is 0.291 e. The van der Waals surface area contributed by atoms with Crippen molar-refractivity contribution in [1.29, 1.82) is 0 Å². The Morgan fingerprint density at radius 2 is 1.78 bits per heavy atom. The minimum Gasteiger partial charge on any atom is -0.508 e. The van der Waals surface area contributed by atoms with Gasteiger partial charge in [-0.25, -0.2) is 4.39 Å². The van der Waals surface area contributed by atoms with E-state index in [0.29, 0.717) is 22.1 Å². The van der Waals surface area contributed by atoms with Gasteiger partial charge in [0, 0.05) is 6.54 Å². The van der Waals surface area contributed by atoms with Crippen LogP contribution in [0.2, 0.25) is 0 Å². The molecule has 1 unspecified atom stereocenters. The number of rotatable bonds is 3. The number of fused-ring (bicyclic) bond motifs is 2. The molecule has 5 nitrogen and oxygen atoms in total. The lowest BCUT2D eigenvalue weighted by atomic mass is 9.96. The Morgan fingerprint density at radius 3 is 2.50 bits per heavy atom. The minimum absolute atomic E-state index is 0.00274. The summed E-state index contributed by atoms with van der Waals surface area (Å²) < 4.78 is 19.4. The second-order valence-electron chi connectivity index (χ2n) is 8.19. The molecule has 0 bridgehead atoms. The average molecular weight is 429 g/mol. The van der Waals surface area contributed by atoms with Gasteiger partial charge < -0.3 is 14.4 Å². The molecule has 1 aliphatic heterocycles. The fraction of sp³-hybridized carbons (Fsp3) is 0.154. The summed E-state index contributed by atoms with van der Waals surface area (Å²) in [5, 5.41) is 10.5. The first-order chi connectivity index (χ1) is 15.3. The van der Waals surface area contributed by atoms with E-state index in [1.54, 1.807) is 30.3 Å². The molecule has 0 fully saturated rings. The Morgan fingerprint density at radius 1 is 1.03 bits per heavy atom. The Labute approximate surface area is 183 Å². The van der Waals surface area contributed by atoms with Crippen molar-refractivity contribution in [1.82, 2.24) is 4.90 Å². The number of aromatic hydroxyl groups is 1. The van der Waals surface area contributed by atoms with Crippen LogP contribution in [0.4, 0.5) is 4.39 Å². The summed E-state index contributed by atoms with van der Waals surface area (Å²) in [6, 6.07) is 15.3. The van der Waals surface area contributed by atoms with E-state index in [4.69, 9.17) is 4.42 Å². The summed E-state index contributed by atoms with van der Waals surface area (Å²) in [4.78, 5) is 28.6. The largest absolute Gasteiger partial charge is 0.508 e. The summed E-state index contributed by atoms with van der Waals surface area (Å²) in [5.41, 5.74) is 3.37. The van der Waals surface area contributed by atoms with Gasteiger partial charge in [0.1, 0.15) is 17.1 Å². The van der Waals surface area contributed by atoms with E-state index in [1.165, 1.54) is 29.2 Å². The summed E-state index contributed by atoms with van der Waals surface area (Å²) in [5.74, 6) is -0.760. The van der Waals surface area contributed by atoms with Gasteiger partial charge in [-0.1, -0.05) is 30.3 Å². The van der Waals surface area contributed by atoms with Crippen molar-refractivity contribution >= 4 is 16.9 Å². The van der Waals surface area contributed by atoms with E-state index in [9.17, 15) is 19.1 Å². The first-order valence-corrected chi connectivity index (χ1v) is 10.3. The quantitative estimate of drug-likeness (QED) is 0.498. The van der Waals surface area contributed by atoms with Gasteiger partial charge >= 0.3 is 0 Å². The predicted molar refractivity (Wildman–Crippen MR) is 118 cm³/mol. The second kappa shape index (κ2) is 7.34. The van der Waals surface area contributed by atoms with Crippen molar-refractivity contribution in [3.8, 4) is 5.75 Å². The molecule has 5 rings (SSSR count). The summed E-state index contributed by atoms with van der Waals surface area (Å²) in [7, 11) is 0. The van der Waals surface area contributed by atoms with Gasteiger partial charge in [-0.15, -0.1) is 0 Å². The van der Waals surface area contributed by atoms with Gasteiger partial charge in [-0.3, -0.25) is 9.59 Å². The standard InChI is InChI=1S/C26H20FNO4/c1-14-10-15(2)21-20(11-14)32-25-22(24(21)30)23(17-4-3-5-19(29)12-17)28(26(25)31)13-16-6-8-18(27)9-7-16/h3-12,23,29H,13H2,1-2H3. The molecule has 4 aromatic rings. The maximum atomic E-state index is 13.7. The van der Waals surface area contributed by atoms with Crippen LogP contribution in [0.3, 0.4) is 0 Å². The molecule has 0 radical (unpaired) electrons. The monoisotopic (exact) mass is 429 g/mol. The zero-order valence-electron chi connectivity index (χ0n) is 17.6. The second-order valence-corrected chi connectivity index (χ2v) is 8.19. The van der Waals surface area contributed by atoms with Gasteiger partial charge in [0.15, 0.2) is 5.43 Å². The molecule has 1 amide bonds. The number of nitrogens with zero attached hydrogens (tertiary/aromatic N) is 1. The average Bonchev–Trinajstić information content (AvgIpc) is 3.01. The van der Waals surface area contributed by atoms with Crippen molar-refractivity contribution in [3.05, 3.63) is 110 Å². The number of hydrogen-bond acceptors (Lipinski definition) is 4. The topological polar surface area (TPSA) is 70.8 Å². The van der Waals surface area contributed by atoms with Crippen molar-refractivity contribution < 1.29 is 18.7 Å². The van der Waals surface area contributed by atoms with E-state index in [2.05, 4.69) is 0 Å². The number of carbonyl (C=O) groups excluding carboxylic acids is 1. The number of phenolic OH excluding ortho intramolecular Hbond substituents is 1. The highest BCUT2D eigenvalue weighted by Crippen LogP contribution is 2.40. The van der Waals surface area contributed by atoms with Gasteiger partial charge in [0.25, 0.3) is 5.91 Å². The van der Waals surface area contributed by atoms with Crippen LogP contribution in [-0.4, -0.2) is 15.9 Å². The third-order valence-corrected chi connectivity index (χ3v) is 5.86. The van der Waals surface area contributed by atoms with E-state index >= 15 is 0 Å². The van der Waals surface area contributed by atoms with E-state index in [1.807, 2.05) is 19.9 Å². The third-order valence-electron chi connectivity index (χ3n) is 5.86. The SMILES string of the molecule is Cc1cc(C)c2c(=O)c3c(oc2c1)C(=O)N(Cc1ccc(F)cc1)C3c1cccc(O)c1. The molecule has 0 aliphatic carbocycles. The molecule has 0 saturated heterocycles. The van der Waals surface area contributed by atoms with Crippen LogP contribution in [0.5, 0.6) is 5.75 Å². The number of aryl methyl sites for hydroxylation is 2. The van der Waals surface area contributed by atoms with Gasteiger partial charge in [0.2, 0.25) is 5.76 Å². The van der Waals surface area contributed by atoms with Crippen LogP contribution in [0.1, 0.15) is 44.4 Å². The summed E-state index contributed by atoms with van der Waals surface area (Å²) in [6.45, 7) is 3.89. The minimum atomic E-state index is -0.740. The number of hydrogen-bond donors (Lipinski definition) is 1. The summed E-state index contributed by atoms with van der Waals surface area (Å²) >= 11 is 0. The molecule has 32 heavy (non-hydrogen) atoms. The molecule has 1 atom stereocenters.